The first-order valence-corrected chi connectivity index (χ1v) is 8.33. The number of hydrogen-bond acceptors (Lipinski definition) is 3. The lowest BCUT2D eigenvalue weighted by molar-refractivity contribution is -0.117. The number of nitrogens with two attached hydrogens (primary N) is 1. The summed E-state index contributed by atoms with van der Waals surface area (Å²) in [5.41, 5.74) is 11.0. The minimum absolute atomic E-state index is 0.0330. The Labute approximate surface area is 140 Å². The number of carbonyl (C=O) groups excluding carboxylic acids is 1. The van der Waals surface area contributed by atoms with Gasteiger partial charge in [-0.1, -0.05) is 18.2 Å². The fourth-order valence-electron chi connectivity index (χ4n) is 3.41. The highest BCUT2D eigenvalue weighted by Crippen LogP contribution is 2.32. The quantitative estimate of drug-likeness (QED) is 0.793. The first-order valence-electron chi connectivity index (χ1n) is 8.33. The molecule has 1 amide bonds. The fourth-order valence-corrected chi connectivity index (χ4v) is 3.41. The highest BCUT2D eigenvalue weighted by atomic mass is 16.1. The summed E-state index contributed by atoms with van der Waals surface area (Å²) in [6.07, 6.45) is 13.7. The highest BCUT2D eigenvalue weighted by molar-refractivity contribution is 6.02. The Hall–Kier alpha value is -2.82. The fraction of sp³-hybridized carbons (Fsp3) is 0.263. The molecule has 1 atom stereocenters. The molecule has 2 aliphatic carbocycles. The van der Waals surface area contributed by atoms with Crippen molar-refractivity contribution in [2.24, 2.45) is 11.7 Å². The van der Waals surface area contributed by atoms with Gasteiger partial charge in [0.15, 0.2) is 0 Å². The number of nitrogens with one attached hydrogen (secondary N) is 2. The van der Waals surface area contributed by atoms with E-state index in [1.54, 1.807) is 6.20 Å². The molecule has 24 heavy (non-hydrogen) atoms. The van der Waals surface area contributed by atoms with E-state index in [-0.39, 0.29) is 11.8 Å². The maximum Gasteiger partial charge on any atom is 0.235 e. The molecule has 0 saturated carbocycles. The van der Waals surface area contributed by atoms with Gasteiger partial charge in [-0.2, -0.15) is 0 Å². The molecule has 0 bridgehead atoms. The number of nitrogens with zero attached hydrogens (tertiary/aromatic N) is 1. The van der Waals surface area contributed by atoms with Crippen LogP contribution in [0, 0.1) is 5.92 Å². The van der Waals surface area contributed by atoms with E-state index >= 15 is 0 Å². The molecule has 4 N–H and O–H groups in total. The molecule has 2 aliphatic rings. The Bertz CT molecular complexity index is 888. The number of H-pyrrole nitrogens is 1. The van der Waals surface area contributed by atoms with Crippen molar-refractivity contribution in [1.29, 1.82) is 0 Å². The van der Waals surface area contributed by atoms with Crippen LogP contribution in [0.1, 0.15) is 25.7 Å². The highest BCUT2D eigenvalue weighted by Gasteiger charge is 2.22. The Kier molecular flexibility index (Phi) is 3.69. The van der Waals surface area contributed by atoms with Crippen LogP contribution in [-0.4, -0.2) is 15.9 Å². The second-order valence-electron chi connectivity index (χ2n) is 6.31. The van der Waals surface area contributed by atoms with Gasteiger partial charge in [-0.25, -0.2) is 4.98 Å². The van der Waals surface area contributed by atoms with E-state index in [1.165, 1.54) is 5.57 Å². The molecule has 4 rings (SSSR count). The molecular formula is C19H20N4O. The molecule has 0 radical (unpaired) electrons. The molecular weight excluding hydrogens is 300 g/mol. The van der Waals surface area contributed by atoms with E-state index in [9.17, 15) is 4.79 Å². The summed E-state index contributed by atoms with van der Waals surface area (Å²) in [4.78, 5) is 20.0. The summed E-state index contributed by atoms with van der Waals surface area (Å²) in [5.74, 6) is -0.300. The summed E-state index contributed by atoms with van der Waals surface area (Å²) in [6.45, 7) is 0. The van der Waals surface area contributed by atoms with Crippen LogP contribution >= 0.6 is 0 Å². The van der Waals surface area contributed by atoms with Gasteiger partial charge in [0.2, 0.25) is 5.91 Å². The van der Waals surface area contributed by atoms with Crippen LogP contribution in [0.4, 0.5) is 5.69 Å². The number of fused-ring (bicyclic) bond motifs is 2. The van der Waals surface area contributed by atoms with Gasteiger partial charge >= 0.3 is 0 Å². The molecule has 0 saturated heterocycles. The van der Waals surface area contributed by atoms with Gasteiger partial charge in [-0.3, -0.25) is 4.79 Å². The maximum absolute atomic E-state index is 12.7. The van der Waals surface area contributed by atoms with Gasteiger partial charge in [0.25, 0.3) is 0 Å². The Morgan fingerprint density at radius 2 is 2.17 bits per heavy atom. The number of aromatic nitrogens is 2. The third-order valence-electron chi connectivity index (χ3n) is 4.71. The zero-order chi connectivity index (χ0) is 16.5. The number of amides is 1. The molecule has 2 aromatic rings. The van der Waals surface area contributed by atoms with Crippen molar-refractivity contribution >= 4 is 22.6 Å². The zero-order valence-corrected chi connectivity index (χ0v) is 13.4. The van der Waals surface area contributed by atoms with Gasteiger partial charge in [0.05, 0.1) is 11.6 Å². The van der Waals surface area contributed by atoms with Crippen LogP contribution < -0.4 is 11.1 Å². The first kappa shape index (κ1) is 14.8. The Morgan fingerprint density at radius 3 is 3.08 bits per heavy atom. The Balaban J connectivity index is 1.59. The summed E-state index contributed by atoms with van der Waals surface area (Å²) in [6, 6.07) is 3.74. The first-order chi connectivity index (χ1) is 11.7. The SMILES string of the molecule is NC1=C2C=CC(C(=O)Nc3ccnc4[nH]ccc34)C=C2CCCC1. The van der Waals surface area contributed by atoms with E-state index in [1.807, 2.05) is 30.5 Å². The predicted molar refractivity (Wildman–Crippen MR) is 95.1 cm³/mol. The minimum Gasteiger partial charge on any atom is -0.402 e. The number of pyridine rings is 1. The van der Waals surface area contributed by atoms with E-state index in [4.69, 9.17) is 5.73 Å². The number of carbonyl (C=O) groups is 1. The molecule has 1 unspecified atom stereocenters. The topological polar surface area (TPSA) is 83.8 Å². The van der Waals surface area contributed by atoms with E-state index in [0.29, 0.717) is 0 Å². The molecule has 2 aromatic heterocycles. The number of allylic oxidation sites excluding steroid dienone is 4. The minimum atomic E-state index is -0.267. The van der Waals surface area contributed by atoms with Crippen molar-refractivity contribution in [3.8, 4) is 0 Å². The van der Waals surface area contributed by atoms with Crippen LogP contribution in [0.15, 0.2) is 59.6 Å². The average Bonchev–Trinajstić information content (AvgIpc) is 3.00. The van der Waals surface area contributed by atoms with Gasteiger partial charge in [-0.15, -0.1) is 0 Å². The van der Waals surface area contributed by atoms with Crippen LogP contribution in [0.3, 0.4) is 0 Å². The zero-order valence-electron chi connectivity index (χ0n) is 13.4. The van der Waals surface area contributed by atoms with Crippen LogP contribution in [0.2, 0.25) is 0 Å². The summed E-state index contributed by atoms with van der Waals surface area (Å²) < 4.78 is 0. The molecule has 0 spiro atoms. The van der Waals surface area contributed by atoms with E-state index in [2.05, 4.69) is 21.4 Å². The van der Waals surface area contributed by atoms with Crippen molar-refractivity contribution < 1.29 is 4.79 Å². The lowest BCUT2D eigenvalue weighted by Gasteiger charge is -2.18. The summed E-state index contributed by atoms with van der Waals surface area (Å²) in [5, 5.41) is 3.94. The smallest absolute Gasteiger partial charge is 0.235 e. The number of rotatable bonds is 2. The molecule has 0 fully saturated rings. The second-order valence-corrected chi connectivity index (χ2v) is 6.31. The average molecular weight is 320 g/mol. The molecule has 0 aromatic carbocycles. The molecule has 5 heteroatoms. The van der Waals surface area contributed by atoms with Gasteiger partial charge in [0, 0.05) is 23.5 Å². The monoisotopic (exact) mass is 320 g/mol. The maximum atomic E-state index is 12.7. The van der Waals surface area contributed by atoms with Crippen molar-refractivity contribution in [1.82, 2.24) is 9.97 Å². The largest absolute Gasteiger partial charge is 0.402 e. The predicted octanol–water partition coefficient (Wildman–Crippen LogP) is 3.40. The summed E-state index contributed by atoms with van der Waals surface area (Å²) in [7, 11) is 0. The lowest BCUT2D eigenvalue weighted by atomic mass is 9.90. The van der Waals surface area contributed by atoms with Crippen molar-refractivity contribution in [2.75, 3.05) is 5.32 Å². The van der Waals surface area contributed by atoms with Gasteiger partial charge in [-0.05, 0) is 49.0 Å². The summed E-state index contributed by atoms with van der Waals surface area (Å²) >= 11 is 0. The lowest BCUT2D eigenvalue weighted by Crippen LogP contribution is -2.22. The van der Waals surface area contributed by atoms with Crippen molar-refractivity contribution in [3.63, 3.8) is 0 Å². The molecule has 122 valence electrons. The van der Waals surface area contributed by atoms with E-state index < -0.39 is 0 Å². The van der Waals surface area contributed by atoms with Crippen LogP contribution in [0.25, 0.3) is 11.0 Å². The van der Waals surface area contributed by atoms with E-state index in [0.717, 1.165) is 53.7 Å². The number of aromatic amines is 1. The van der Waals surface area contributed by atoms with Crippen LogP contribution in [0.5, 0.6) is 0 Å². The third-order valence-corrected chi connectivity index (χ3v) is 4.71. The third kappa shape index (κ3) is 2.62. The molecule has 5 nitrogen and oxygen atoms in total. The number of hydrogen-bond donors (Lipinski definition) is 3. The standard InChI is InChI=1S/C19H20N4O/c20-16-4-2-1-3-12-11-13(5-6-14(12)16)19(24)23-17-8-10-22-18-15(17)7-9-21-18/h5-11,13H,1-4,20H2,(H2,21,22,23,24). The van der Waals surface area contributed by atoms with Crippen LogP contribution in [-0.2, 0) is 4.79 Å². The van der Waals surface area contributed by atoms with Gasteiger partial charge in [0.1, 0.15) is 5.65 Å². The molecule has 2 heterocycles. The second kappa shape index (κ2) is 6.00. The normalized spacial score (nSPS) is 20.5. The van der Waals surface area contributed by atoms with Gasteiger partial charge < -0.3 is 16.0 Å². The Morgan fingerprint density at radius 1 is 1.29 bits per heavy atom. The van der Waals surface area contributed by atoms with Crippen molar-refractivity contribution in [2.45, 2.75) is 25.7 Å². The molecule has 0 aliphatic heterocycles. The van der Waals surface area contributed by atoms with Crippen molar-refractivity contribution in [3.05, 3.63) is 59.6 Å². The number of anilines is 1.